The van der Waals surface area contributed by atoms with E-state index in [0.717, 1.165) is 26.1 Å². The van der Waals surface area contributed by atoms with Gasteiger partial charge in [0, 0.05) is 18.7 Å². The maximum Gasteiger partial charge on any atom is 0.257 e. The van der Waals surface area contributed by atoms with E-state index in [1.165, 1.54) is 12.3 Å². The SMILES string of the molecule is CNCC1CCN(C(=O)c2cn[nH]c2-c2ccccc2F)C1.Cl. The maximum atomic E-state index is 14.0. The average molecular weight is 339 g/mol. The Morgan fingerprint density at radius 2 is 2.26 bits per heavy atom. The van der Waals surface area contributed by atoms with Crippen molar-refractivity contribution >= 4 is 18.3 Å². The smallest absolute Gasteiger partial charge is 0.257 e. The molecule has 1 fully saturated rings. The molecule has 5 nitrogen and oxygen atoms in total. The normalized spacial score (nSPS) is 17.1. The molecule has 0 bridgehead atoms. The Morgan fingerprint density at radius 3 is 3.00 bits per heavy atom. The summed E-state index contributed by atoms with van der Waals surface area (Å²) >= 11 is 0. The summed E-state index contributed by atoms with van der Waals surface area (Å²) in [6.07, 6.45) is 2.47. The van der Waals surface area contributed by atoms with Gasteiger partial charge in [-0.15, -0.1) is 12.4 Å². The van der Waals surface area contributed by atoms with Gasteiger partial charge in [0.2, 0.25) is 0 Å². The summed E-state index contributed by atoms with van der Waals surface area (Å²) in [4.78, 5) is 14.5. The molecule has 1 unspecified atom stereocenters. The molecule has 0 spiro atoms. The number of nitrogens with one attached hydrogen (secondary N) is 2. The fourth-order valence-electron chi connectivity index (χ4n) is 2.96. The number of H-pyrrole nitrogens is 1. The lowest BCUT2D eigenvalue weighted by Gasteiger charge is -2.16. The van der Waals surface area contributed by atoms with E-state index < -0.39 is 0 Å². The monoisotopic (exact) mass is 338 g/mol. The quantitative estimate of drug-likeness (QED) is 0.899. The van der Waals surface area contributed by atoms with Crippen LogP contribution < -0.4 is 5.32 Å². The second-order valence-electron chi connectivity index (χ2n) is 5.60. The molecule has 2 aromatic rings. The summed E-state index contributed by atoms with van der Waals surface area (Å²) in [7, 11) is 1.91. The van der Waals surface area contributed by atoms with Crippen LogP contribution in [0.2, 0.25) is 0 Å². The summed E-state index contributed by atoms with van der Waals surface area (Å²) in [5, 5.41) is 9.83. The predicted molar refractivity (Wildman–Crippen MR) is 89.2 cm³/mol. The lowest BCUT2D eigenvalue weighted by atomic mass is 10.1. The third-order valence-electron chi connectivity index (χ3n) is 4.08. The van der Waals surface area contributed by atoms with Gasteiger partial charge in [-0.25, -0.2) is 4.39 Å². The van der Waals surface area contributed by atoms with Crippen molar-refractivity contribution in [2.45, 2.75) is 6.42 Å². The number of hydrogen-bond donors (Lipinski definition) is 2. The van der Waals surface area contributed by atoms with Crippen molar-refractivity contribution in [2.75, 3.05) is 26.7 Å². The summed E-state index contributed by atoms with van der Waals surface area (Å²) < 4.78 is 14.0. The molecule has 2 N–H and O–H groups in total. The van der Waals surface area contributed by atoms with Crippen molar-refractivity contribution < 1.29 is 9.18 Å². The molecule has 1 aromatic heterocycles. The molecular weight excluding hydrogens is 319 g/mol. The van der Waals surface area contributed by atoms with Gasteiger partial charge < -0.3 is 10.2 Å². The van der Waals surface area contributed by atoms with Gasteiger partial charge in [0.1, 0.15) is 5.82 Å². The first-order valence-corrected chi connectivity index (χ1v) is 7.43. The zero-order valence-corrected chi connectivity index (χ0v) is 13.7. The average Bonchev–Trinajstić information content (AvgIpc) is 3.16. The minimum Gasteiger partial charge on any atom is -0.338 e. The Balaban J connectivity index is 0.00000192. The largest absolute Gasteiger partial charge is 0.338 e. The highest BCUT2D eigenvalue weighted by atomic mass is 35.5. The van der Waals surface area contributed by atoms with Crippen LogP contribution in [0, 0.1) is 11.7 Å². The number of aromatic nitrogens is 2. The second kappa shape index (κ2) is 7.57. The van der Waals surface area contributed by atoms with E-state index in [2.05, 4.69) is 15.5 Å². The molecule has 0 aliphatic carbocycles. The number of aromatic amines is 1. The van der Waals surface area contributed by atoms with Gasteiger partial charge in [-0.3, -0.25) is 9.89 Å². The first kappa shape index (κ1) is 17.4. The van der Waals surface area contributed by atoms with Gasteiger partial charge in [0.05, 0.1) is 17.5 Å². The van der Waals surface area contributed by atoms with E-state index in [1.807, 2.05) is 11.9 Å². The van der Waals surface area contributed by atoms with Crippen molar-refractivity contribution in [3.8, 4) is 11.3 Å². The topological polar surface area (TPSA) is 61.0 Å². The molecule has 23 heavy (non-hydrogen) atoms. The molecule has 7 heteroatoms. The molecule has 3 rings (SSSR count). The molecule has 0 radical (unpaired) electrons. The number of hydrogen-bond acceptors (Lipinski definition) is 3. The molecule has 0 saturated carbocycles. The van der Waals surface area contributed by atoms with Crippen molar-refractivity contribution in [1.29, 1.82) is 0 Å². The number of likely N-dealkylation sites (tertiary alicyclic amines) is 1. The first-order chi connectivity index (χ1) is 10.7. The fraction of sp³-hybridized carbons (Fsp3) is 0.375. The fourth-order valence-corrected chi connectivity index (χ4v) is 2.96. The van der Waals surface area contributed by atoms with Crippen LogP contribution in [0.25, 0.3) is 11.3 Å². The molecule has 1 aliphatic rings. The molecular formula is C16H20ClFN4O. The highest BCUT2D eigenvalue weighted by molar-refractivity contribution is 5.99. The Hall–Kier alpha value is -1.92. The molecule has 124 valence electrons. The summed E-state index contributed by atoms with van der Waals surface area (Å²) in [5.74, 6) is 0.0126. The Morgan fingerprint density at radius 1 is 1.48 bits per heavy atom. The lowest BCUT2D eigenvalue weighted by molar-refractivity contribution is 0.0788. The van der Waals surface area contributed by atoms with Crippen LogP contribution in [-0.2, 0) is 0 Å². The molecule has 1 atom stereocenters. The number of nitrogens with zero attached hydrogens (tertiary/aromatic N) is 2. The standard InChI is InChI=1S/C16H19FN4O.ClH/c1-18-8-11-6-7-21(10-11)16(22)13-9-19-20-15(13)12-4-2-3-5-14(12)17;/h2-5,9,11,18H,6-8,10H2,1H3,(H,19,20);1H. The van der Waals surface area contributed by atoms with Gasteiger partial charge in [-0.1, -0.05) is 12.1 Å². The van der Waals surface area contributed by atoms with Crippen molar-refractivity contribution in [3.63, 3.8) is 0 Å². The highest BCUT2D eigenvalue weighted by Crippen LogP contribution is 2.26. The van der Waals surface area contributed by atoms with Crippen molar-refractivity contribution in [3.05, 3.63) is 41.8 Å². The Kier molecular flexibility index (Phi) is 5.74. The Labute approximate surface area is 140 Å². The van der Waals surface area contributed by atoms with Gasteiger partial charge >= 0.3 is 0 Å². The molecule has 1 aromatic carbocycles. The molecule has 1 amide bonds. The van der Waals surface area contributed by atoms with Gasteiger partial charge in [0.15, 0.2) is 0 Å². The highest BCUT2D eigenvalue weighted by Gasteiger charge is 2.29. The zero-order valence-electron chi connectivity index (χ0n) is 12.9. The van der Waals surface area contributed by atoms with Gasteiger partial charge in [-0.2, -0.15) is 5.10 Å². The van der Waals surface area contributed by atoms with Crippen LogP contribution in [0.1, 0.15) is 16.8 Å². The maximum absolute atomic E-state index is 14.0. The minimum absolute atomic E-state index is 0. The number of halogens is 2. The molecule has 1 saturated heterocycles. The van der Waals surface area contributed by atoms with E-state index in [9.17, 15) is 9.18 Å². The number of amides is 1. The van der Waals surface area contributed by atoms with E-state index >= 15 is 0 Å². The van der Waals surface area contributed by atoms with E-state index in [-0.39, 0.29) is 24.1 Å². The molecule has 1 aliphatic heterocycles. The number of benzene rings is 1. The van der Waals surface area contributed by atoms with Crippen LogP contribution in [0.5, 0.6) is 0 Å². The molecule has 2 heterocycles. The van der Waals surface area contributed by atoms with Crippen LogP contribution in [0.3, 0.4) is 0 Å². The van der Waals surface area contributed by atoms with E-state index in [1.54, 1.807) is 18.2 Å². The van der Waals surface area contributed by atoms with Gasteiger partial charge in [-0.05, 0) is 38.1 Å². The predicted octanol–water partition coefficient (Wildman–Crippen LogP) is 2.32. The number of rotatable bonds is 4. The van der Waals surface area contributed by atoms with Gasteiger partial charge in [0.25, 0.3) is 5.91 Å². The number of carbonyl (C=O) groups is 1. The third kappa shape index (κ3) is 3.54. The summed E-state index contributed by atoms with van der Waals surface area (Å²) in [6, 6.07) is 6.39. The lowest BCUT2D eigenvalue weighted by Crippen LogP contribution is -2.30. The van der Waals surface area contributed by atoms with Crippen LogP contribution >= 0.6 is 12.4 Å². The van der Waals surface area contributed by atoms with Crippen molar-refractivity contribution in [2.24, 2.45) is 5.92 Å². The third-order valence-corrected chi connectivity index (χ3v) is 4.08. The van der Waals surface area contributed by atoms with Crippen molar-refractivity contribution in [1.82, 2.24) is 20.4 Å². The Bertz CT molecular complexity index is 676. The number of carbonyl (C=O) groups excluding carboxylic acids is 1. The van der Waals surface area contributed by atoms with E-state index in [0.29, 0.717) is 22.7 Å². The summed E-state index contributed by atoms with van der Waals surface area (Å²) in [6.45, 7) is 2.35. The zero-order chi connectivity index (χ0) is 15.5. The van der Waals surface area contributed by atoms with Crippen LogP contribution in [-0.4, -0.2) is 47.7 Å². The van der Waals surface area contributed by atoms with E-state index in [4.69, 9.17) is 0 Å². The minimum atomic E-state index is -0.365. The van der Waals surface area contributed by atoms with Crippen LogP contribution in [0.15, 0.2) is 30.5 Å². The first-order valence-electron chi connectivity index (χ1n) is 7.43. The second-order valence-corrected chi connectivity index (χ2v) is 5.60. The van der Waals surface area contributed by atoms with Crippen LogP contribution in [0.4, 0.5) is 4.39 Å². The summed E-state index contributed by atoms with van der Waals surface area (Å²) in [5.41, 5.74) is 1.24.